The molecule has 6 heteroatoms. The van der Waals surface area contributed by atoms with Crippen molar-refractivity contribution >= 4 is 0 Å². The summed E-state index contributed by atoms with van der Waals surface area (Å²) in [6.45, 7) is 4.76. The van der Waals surface area contributed by atoms with Crippen molar-refractivity contribution < 1.29 is 0 Å². The molecule has 78 valence electrons. The van der Waals surface area contributed by atoms with Gasteiger partial charge in [0, 0.05) is 31.6 Å². The standard InChI is InChI=1S/C8H16N6/c1-6(9)8-5-14(13-12-8)4-7-2-10-11-3-7/h5-7,10-11H,2-4,9H2,1H3. The number of nitrogens with zero attached hydrogens (tertiary/aromatic N) is 3. The molecular weight excluding hydrogens is 180 g/mol. The van der Waals surface area contributed by atoms with Crippen LogP contribution >= 0.6 is 0 Å². The van der Waals surface area contributed by atoms with Crippen LogP contribution in [0.5, 0.6) is 0 Å². The minimum Gasteiger partial charge on any atom is -0.323 e. The first-order valence-electron chi connectivity index (χ1n) is 4.87. The average molecular weight is 196 g/mol. The van der Waals surface area contributed by atoms with Crippen LogP contribution in [0.15, 0.2) is 6.20 Å². The van der Waals surface area contributed by atoms with Gasteiger partial charge in [-0.25, -0.2) is 0 Å². The van der Waals surface area contributed by atoms with E-state index >= 15 is 0 Å². The first-order valence-corrected chi connectivity index (χ1v) is 4.87. The summed E-state index contributed by atoms with van der Waals surface area (Å²) in [4.78, 5) is 0. The van der Waals surface area contributed by atoms with E-state index in [0.29, 0.717) is 5.92 Å². The highest BCUT2D eigenvalue weighted by molar-refractivity contribution is 4.97. The van der Waals surface area contributed by atoms with Crippen LogP contribution in [0.1, 0.15) is 18.7 Å². The average Bonchev–Trinajstić information content (AvgIpc) is 2.75. The van der Waals surface area contributed by atoms with Gasteiger partial charge in [-0.15, -0.1) is 5.10 Å². The third kappa shape index (κ3) is 2.09. The molecule has 1 aromatic rings. The van der Waals surface area contributed by atoms with Crippen LogP contribution in [-0.2, 0) is 6.54 Å². The normalized spacial score (nSPS) is 20.1. The lowest BCUT2D eigenvalue weighted by Gasteiger charge is -2.05. The van der Waals surface area contributed by atoms with E-state index in [2.05, 4.69) is 21.2 Å². The molecule has 0 bridgehead atoms. The number of aromatic nitrogens is 3. The van der Waals surface area contributed by atoms with E-state index in [-0.39, 0.29) is 6.04 Å². The Morgan fingerprint density at radius 2 is 2.36 bits per heavy atom. The Hall–Kier alpha value is -0.980. The monoisotopic (exact) mass is 196 g/mol. The Morgan fingerprint density at radius 3 is 2.93 bits per heavy atom. The molecule has 1 fully saturated rings. The van der Waals surface area contributed by atoms with E-state index in [0.717, 1.165) is 25.3 Å². The van der Waals surface area contributed by atoms with E-state index in [9.17, 15) is 0 Å². The minimum absolute atomic E-state index is 0.0384. The zero-order valence-electron chi connectivity index (χ0n) is 8.27. The van der Waals surface area contributed by atoms with Crippen LogP contribution in [0.3, 0.4) is 0 Å². The van der Waals surface area contributed by atoms with Crippen LogP contribution in [0.4, 0.5) is 0 Å². The summed E-state index contributed by atoms with van der Waals surface area (Å²) in [6.07, 6.45) is 1.92. The summed E-state index contributed by atoms with van der Waals surface area (Å²) >= 11 is 0. The minimum atomic E-state index is -0.0384. The number of rotatable bonds is 3. The summed E-state index contributed by atoms with van der Waals surface area (Å²) in [7, 11) is 0. The first kappa shape index (κ1) is 9.57. The second-order valence-corrected chi connectivity index (χ2v) is 3.78. The maximum absolute atomic E-state index is 5.69. The van der Waals surface area contributed by atoms with Crippen LogP contribution in [0.25, 0.3) is 0 Å². The van der Waals surface area contributed by atoms with Gasteiger partial charge in [-0.05, 0) is 6.92 Å². The molecule has 1 saturated heterocycles. The lowest BCUT2D eigenvalue weighted by atomic mass is 10.2. The lowest BCUT2D eigenvalue weighted by molar-refractivity contribution is 0.456. The van der Waals surface area contributed by atoms with Crippen LogP contribution in [-0.4, -0.2) is 28.1 Å². The van der Waals surface area contributed by atoms with Crippen molar-refractivity contribution in [2.75, 3.05) is 13.1 Å². The van der Waals surface area contributed by atoms with Gasteiger partial charge in [0.1, 0.15) is 0 Å². The number of nitrogens with one attached hydrogen (secondary N) is 2. The van der Waals surface area contributed by atoms with Gasteiger partial charge in [0.25, 0.3) is 0 Å². The van der Waals surface area contributed by atoms with Gasteiger partial charge in [0.15, 0.2) is 0 Å². The molecule has 0 aliphatic carbocycles. The van der Waals surface area contributed by atoms with Gasteiger partial charge in [-0.1, -0.05) is 5.21 Å². The molecule has 0 saturated carbocycles. The predicted molar refractivity (Wildman–Crippen MR) is 52.1 cm³/mol. The maximum atomic E-state index is 5.69. The summed E-state index contributed by atoms with van der Waals surface area (Å²) in [6, 6.07) is -0.0384. The molecule has 0 spiro atoms. The van der Waals surface area contributed by atoms with Crippen molar-refractivity contribution in [2.45, 2.75) is 19.5 Å². The van der Waals surface area contributed by atoms with Gasteiger partial charge in [0.2, 0.25) is 0 Å². The second kappa shape index (κ2) is 4.04. The number of hydrogen-bond acceptors (Lipinski definition) is 5. The molecule has 1 aliphatic rings. The number of hydrogen-bond donors (Lipinski definition) is 3. The fourth-order valence-corrected chi connectivity index (χ4v) is 1.51. The zero-order chi connectivity index (χ0) is 9.97. The van der Waals surface area contributed by atoms with E-state index in [1.54, 1.807) is 0 Å². The Balaban J connectivity index is 1.95. The smallest absolute Gasteiger partial charge is 0.0991 e. The molecule has 1 atom stereocenters. The van der Waals surface area contributed by atoms with Gasteiger partial charge in [-0.2, -0.15) is 0 Å². The number of nitrogens with two attached hydrogens (primary N) is 1. The Morgan fingerprint density at radius 1 is 1.64 bits per heavy atom. The van der Waals surface area contributed by atoms with Gasteiger partial charge in [0.05, 0.1) is 11.9 Å². The lowest BCUT2D eigenvalue weighted by Crippen LogP contribution is -2.21. The largest absolute Gasteiger partial charge is 0.323 e. The maximum Gasteiger partial charge on any atom is 0.0991 e. The molecule has 0 amide bonds. The molecule has 0 radical (unpaired) electrons. The van der Waals surface area contributed by atoms with E-state index in [1.165, 1.54) is 0 Å². The molecular formula is C8H16N6. The van der Waals surface area contributed by atoms with Crippen molar-refractivity contribution in [3.8, 4) is 0 Å². The van der Waals surface area contributed by atoms with E-state index in [4.69, 9.17) is 5.73 Å². The predicted octanol–water partition coefficient (Wildman–Crippen LogP) is -0.978. The second-order valence-electron chi connectivity index (χ2n) is 3.78. The summed E-state index contributed by atoms with van der Waals surface area (Å²) < 4.78 is 1.86. The highest BCUT2D eigenvalue weighted by Gasteiger charge is 2.15. The zero-order valence-corrected chi connectivity index (χ0v) is 8.27. The highest BCUT2D eigenvalue weighted by atomic mass is 15.4. The molecule has 1 unspecified atom stereocenters. The Labute approximate surface area is 82.8 Å². The SMILES string of the molecule is CC(N)c1cn(CC2CNNC2)nn1. The number of hydrazine groups is 1. The first-order chi connectivity index (χ1) is 6.75. The molecule has 2 rings (SSSR count). The highest BCUT2D eigenvalue weighted by Crippen LogP contribution is 2.06. The van der Waals surface area contributed by atoms with E-state index in [1.807, 2.05) is 17.8 Å². The topological polar surface area (TPSA) is 80.8 Å². The van der Waals surface area contributed by atoms with Crippen LogP contribution < -0.4 is 16.6 Å². The molecule has 1 aromatic heterocycles. The van der Waals surface area contributed by atoms with Crippen molar-refractivity contribution in [3.05, 3.63) is 11.9 Å². The molecule has 1 aliphatic heterocycles. The Kier molecular flexibility index (Phi) is 2.76. The van der Waals surface area contributed by atoms with Crippen molar-refractivity contribution in [1.29, 1.82) is 0 Å². The molecule has 2 heterocycles. The van der Waals surface area contributed by atoms with E-state index < -0.39 is 0 Å². The molecule has 0 aromatic carbocycles. The Bertz CT molecular complexity index is 288. The fraction of sp³-hybridized carbons (Fsp3) is 0.750. The van der Waals surface area contributed by atoms with Gasteiger partial charge >= 0.3 is 0 Å². The fourth-order valence-electron chi connectivity index (χ4n) is 1.51. The van der Waals surface area contributed by atoms with Crippen molar-refractivity contribution in [1.82, 2.24) is 25.8 Å². The van der Waals surface area contributed by atoms with Crippen LogP contribution in [0, 0.1) is 5.92 Å². The summed E-state index contributed by atoms with van der Waals surface area (Å²) in [5.41, 5.74) is 12.7. The van der Waals surface area contributed by atoms with Crippen molar-refractivity contribution in [2.24, 2.45) is 11.7 Å². The quantitative estimate of drug-likeness (QED) is 0.579. The molecule has 4 N–H and O–H groups in total. The van der Waals surface area contributed by atoms with Crippen LogP contribution in [0.2, 0.25) is 0 Å². The third-order valence-corrected chi connectivity index (χ3v) is 2.37. The van der Waals surface area contributed by atoms with Gasteiger partial charge in [-0.3, -0.25) is 15.5 Å². The third-order valence-electron chi connectivity index (χ3n) is 2.37. The molecule has 6 nitrogen and oxygen atoms in total. The summed E-state index contributed by atoms with van der Waals surface area (Å²) in [5, 5.41) is 8.04. The van der Waals surface area contributed by atoms with Crippen molar-refractivity contribution in [3.63, 3.8) is 0 Å². The molecule has 14 heavy (non-hydrogen) atoms. The van der Waals surface area contributed by atoms with Gasteiger partial charge < -0.3 is 5.73 Å². The summed E-state index contributed by atoms with van der Waals surface area (Å²) in [5.74, 6) is 0.581.